The van der Waals surface area contributed by atoms with Crippen LogP contribution in [-0.4, -0.2) is 28.8 Å². The second-order valence-corrected chi connectivity index (χ2v) is 4.64. The highest BCUT2D eigenvalue weighted by atomic mass is 32.1. The zero-order valence-corrected chi connectivity index (χ0v) is 9.55. The minimum Gasteiger partial charge on any atom is -0.388 e. The number of rotatable bonds is 5. The summed E-state index contributed by atoms with van der Waals surface area (Å²) in [4.78, 5) is 6.48. The SMILES string of the molecule is CN(CCC(=N)N)c1nc(C2CC2)ns1. The first-order valence-electron chi connectivity index (χ1n) is 5.04. The second kappa shape index (κ2) is 4.14. The number of hydrogen-bond donors (Lipinski definition) is 2. The number of nitrogens with zero attached hydrogens (tertiary/aromatic N) is 3. The Morgan fingerprint density at radius 1 is 1.67 bits per heavy atom. The molecule has 1 saturated carbocycles. The fourth-order valence-corrected chi connectivity index (χ4v) is 2.00. The number of hydrogen-bond acceptors (Lipinski definition) is 5. The lowest BCUT2D eigenvalue weighted by atomic mass is 10.4. The van der Waals surface area contributed by atoms with Crippen LogP contribution in [0, 0.1) is 5.41 Å². The molecule has 1 aliphatic rings. The van der Waals surface area contributed by atoms with Crippen LogP contribution in [0.4, 0.5) is 5.13 Å². The molecule has 0 aromatic carbocycles. The van der Waals surface area contributed by atoms with Gasteiger partial charge in [0.25, 0.3) is 0 Å². The Labute approximate surface area is 93.0 Å². The minimum absolute atomic E-state index is 0.216. The molecule has 2 rings (SSSR count). The van der Waals surface area contributed by atoms with E-state index in [0.29, 0.717) is 12.3 Å². The molecule has 1 aromatic rings. The predicted molar refractivity (Wildman–Crippen MR) is 61.7 cm³/mol. The summed E-state index contributed by atoms with van der Waals surface area (Å²) < 4.78 is 4.33. The lowest BCUT2D eigenvalue weighted by molar-refractivity contribution is 0.889. The Morgan fingerprint density at radius 3 is 3.00 bits per heavy atom. The predicted octanol–water partition coefficient (Wildman–Crippen LogP) is 1.18. The van der Waals surface area contributed by atoms with Gasteiger partial charge in [-0.25, -0.2) is 4.98 Å². The highest BCUT2D eigenvalue weighted by Gasteiger charge is 2.28. The largest absolute Gasteiger partial charge is 0.388 e. The van der Waals surface area contributed by atoms with E-state index >= 15 is 0 Å². The standard InChI is InChI=1S/C9H15N5S/c1-14(5-4-7(10)11)9-12-8(13-15-9)6-2-3-6/h6H,2-5H2,1H3,(H3,10,11). The number of aromatic nitrogens is 2. The lowest BCUT2D eigenvalue weighted by Crippen LogP contribution is -2.23. The van der Waals surface area contributed by atoms with Crippen LogP contribution in [0.15, 0.2) is 0 Å². The maximum Gasteiger partial charge on any atom is 0.204 e. The van der Waals surface area contributed by atoms with Gasteiger partial charge in [-0.3, -0.25) is 5.41 Å². The number of nitrogens with two attached hydrogens (primary N) is 1. The molecular weight excluding hydrogens is 210 g/mol. The van der Waals surface area contributed by atoms with E-state index < -0.39 is 0 Å². The van der Waals surface area contributed by atoms with Gasteiger partial charge in [0.2, 0.25) is 5.13 Å². The highest BCUT2D eigenvalue weighted by Crippen LogP contribution is 2.39. The fourth-order valence-electron chi connectivity index (χ4n) is 1.27. The molecule has 1 aliphatic carbocycles. The van der Waals surface area contributed by atoms with Crippen molar-refractivity contribution in [3.63, 3.8) is 0 Å². The summed E-state index contributed by atoms with van der Waals surface area (Å²) >= 11 is 1.43. The lowest BCUT2D eigenvalue weighted by Gasteiger charge is -2.13. The van der Waals surface area contributed by atoms with Gasteiger partial charge >= 0.3 is 0 Å². The summed E-state index contributed by atoms with van der Waals surface area (Å²) in [5.74, 6) is 1.81. The van der Waals surface area contributed by atoms with Crippen LogP contribution >= 0.6 is 11.5 Å². The third-order valence-electron chi connectivity index (χ3n) is 2.42. The quantitative estimate of drug-likeness (QED) is 0.582. The molecule has 0 aliphatic heterocycles. The molecule has 5 nitrogen and oxygen atoms in total. The van der Waals surface area contributed by atoms with Crippen LogP contribution in [0.25, 0.3) is 0 Å². The van der Waals surface area contributed by atoms with Gasteiger partial charge in [0.05, 0.1) is 5.84 Å². The summed E-state index contributed by atoms with van der Waals surface area (Å²) in [7, 11) is 1.96. The van der Waals surface area contributed by atoms with Crippen molar-refractivity contribution < 1.29 is 0 Å². The fraction of sp³-hybridized carbons (Fsp3) is 0.667. The summed E-state index contributed by atoms with van der Waals surface area (Å²) in [5, 5.41) is 8.08. The van der Waals surface area contributed by atoms with Crippen molar-refractivity contribution in [1.29, 1.82) is 5.41 Å². The van der Waals surface area contributed by atoms with Crippen molar-refractivity contribution in [2.24, 2.45) is 5.73 Å². The molecular formula is C9H15N5S. The molecule has 1 aromatic heterocycles. The molecule has 0 spiro atoms. The van der Waals surface area contributed by atoms with Crippen LogP contribution in [-0.2, 0) is 0 Å². The second-order valence-electron chi connectivity index (χ2n) is 3.91. The van der Waals surface area contributed by atoms with Crippen molar-refractivity contribution in [3.8, 4) is 0 Å². The van der Waals surface area contributed by atoms with Crippen molar-refractivity contribution in [2.45, 2.75) is 25.2 Å². The van der Waals surface area contributed by atoms with E-state index in [4.69, 9.17) is 11.1 Å². The molecule has 1 heterocycles. The topological polar surface area (TPSA) is 78.9 Å². The monoisotopic (exact) mass is 225 g/mol. The van der Waals surface area contributed by atoms with Crippen LogP contribution in [0.5, 0.6) is 0 Å². The van der Waals surface area contributed by atoms with Gasteiger partial charge in [-0.1, -0.05) is 0 Å². The van der Waals surface area contributed by atoms with Crippen LogP contribution in [0.3, 0.4) is 0 Å². The van der Waals surface area contributed by atoms with Gasteiger partial charge in [-0.2, -0.15) is 4.37 Å². The van der Waals surface area contributed by atoms with Gasteiger partial charge in [-0.05, 0) is 12.8 Å². The molecule has 0 amide bonds. The Kier molecular flexibility index (Phi) is 2.86. The molecule has 15 heavy (non-hydrogen) atoms. The third kappa shape index (κ3) is 2.65. The molecule has 0 saturated heterocycles. The summed E-state index contributed by atoms with van der Waals surface area (Å²) in [6, 6.07) is 0. The van der Waals surface area contributed by atoms with Crippen LogP contribution in [0.2, 0.25) is 0 Å². The number of anilines is 1. The molecule has 0 atom stereocenters. The summed E-state index contributed by atoms with van der Waals surface area (Å²) in [6.07, 6.45) is 3.04. The van der Waals surface area contributed by atoms with Gasteiger partial charge in [0.15, 0.2) is 0 Å². The van der Waals surface area contributed by atoms with Gasteiger partial charge in [0, 0.05) is 37.5 Å². The van der Waals surface area contributed by atoms with E-state index in [1.165, 1.54) is 24.4 Å². The van der Waals surface area contributed by atoms with E-state index in [9.17, 15) is 0 Å². The Morgan fingerprint density at radius 2 is 2.40 bits per heavy atom. The molecule has 3 N–H and O–H groups in total. The van der Waals surface area contributed by atoms with Crippen molar-refractivity contribution in [1.82, 2.24) is 9.36 Å². The van der Waals surface area contributed by atoms with E-state index in [1.54, 1.807) is 0 Å². The van der Waals surface area contributed by atoms with Crippen LogP contribution in [0.1, 0.15) is 31.0 Å². The van der Waals surface area contributed by atoms with Gasteiger partial charge in [0.1, 0.15) is 5.82 Å². The maximum absolute atomic E-state index is 7.15. The zero-order valence-electron chi connectivity index (χ0n) is 8.73. The Balaban J connectivity index is 1.92. The van der Waals surface area contributed by atoms with Crippen molar-refractivity contribution >= 4 is 22.5 Å². The first-order valence-corrected chi connectivity index (χ1v) is 5.82. The highest BCUT2D eigenvalue weighted by molar-refractivity contribution is 7.09. The maximum atomic E-state index is 7.15. The summed E-state index contributed by atoms with van der Waals surface area (Å²) in [5.41, 5.74) is 5.31. The number of amidine groups is 1. The number of nitrogens with one attached hydrogen (secondary N) is 1. The Bertz CT molecular complexity index is 357. The Hall–Kier alpha value is -1.17. The molecule has 0 radical (unpaired) electrons. The smallest absolute Gasteiger partial charge is 0.204 e. The molecule has 82 valence electrons. The normalized spacial score (nSPS) is 15.3. The van der Waals surface area contributed by atoms with E-state index in [0.717, 1.165) is 17.5 Å². The molecule has 6 heteroatoms. The van der Waals surface area contributed by atoms with E-state index in [2.05, 4.69) is 9.36 Å². The van der Waals surface area contributed by atoms with E-state index in [-0.39, 0.29) is 5.84 Å². The van der Waals surface area contributed by atoms with Crippen molar-refractivity contribution in [3.05, 3.63) is 5.82 Å². The van der Waals surface area contributed by atoms with Gasteiger partial charge < -0.3 is 10.6 Å². The molecule has 0 bridgehead atoms. The van der Waals surface area contributed by atoms with E-state index in [1.807, 2.05) is 11.9 Å². The zero-order chi connectivity index (χ0) is 10.8. The third-order valence-corrected chi connectivity index (χ3v) is 3.26. The first-order chi connectivity index (χ1) is 7.16. The minimum atomic E-state index is 0.216. The average molecular weight is 225 g/mol. The van der Waals surface area contributed by atoms with Crippen LogP contribution < -0.4 is 10.6 Å². The average Bonchev–Trinajstić information content (AvgIpc) is 2.93. The van der Waals surface area contributed by atoms with Gasteiger partial charge in [-0.15, -0.1) is 0 Å². The molecule has 0 unspecified atom stereocenters. The first kappa shape index (κ1) is 10.4. The molecule has 1 fully saturated rings. The summed E-state index contributed by atoms with van der Waals surface area (Å²) in [6.45, 7) is 0.731. The van der Waals surface area contributed by atoms with Crippen molar-refractivity contribution in [2.75, 3.05) is 18.5 Å².